The minimum absolute atomic E-state index is 0.0317. The lowest BCUT2D eigenvalue weighted by Gasteiger charge is -2.17. The molecule has 1 amide bonds. The monoisotopic (exact) mass is 269 g/mol. The normalized spacial score (nSPS) is 12.3. The molecule has 0 aliphatic heterocycles. The second kappa shape index (κ2) is 6.94. The molecule has 2 N–H and O–H groups in total. The number of ether oxygens (including phenoxy) is 1. The van der Waals surface area contributed by atoms with Crippen LogP contribution in [-0.2, 0) is 11.4 Å². The fourth-order valence-electron chi connectivity index (χ4n) is 1.23. The van der Waals surface area contributed by atoms with E-state index >= 15 is 0 Å². The average molecular weight is 269 g/mol. The van der Waals surface area contributed by atoms with Gasteiger partial charge in [0.15, 0.2) is 6.61 Å². The lowest BCUT2D eigenvalue weighted by Crippen LogP contribution is -2.39. The van der Waals surface area contributed by atoms with Gasteiger partial charge in [-0.05, 0) is 12.8 Å². The highest BCUT2D eigenvalue weighted by molar-refractivity contribution is 5.77. The van der Waals surface area contributed by atoms with Crippen LogP contribution in [0.15, 0.2) is 21.5 Å². The van der Waals surface area contributed by atoms with E-state index in [0.29, 0.717) is 5.92 Å². The van der Waals surface area contributed by atoms with Crippen LogP contribution in [0, 0.1) is 5.92 Å². The van der Waals surface area contributed by atoms with Crippen LogP contribution in [0.4, 0.5) is 0 Å². The van der Waals surface area contributed by atoms with Crippen molar-refractivity contribution in [1.29, 1.82) is 0 Å². The number of aliphatic hydroxyl groups excluding tert-OH is 1. The number of amides is 1. The summed E-state index contributed by atoms with van der Waals surface area (Å²) in [5.74, 6) is 0.115. The Hall–Kier alpha value is -1.82. The molecule has 0 bridgehead atoms. The Morgan fingerprint density at radius 3 is 2.68 bits per heavy atom. The number of hydrogen-bond acceptors (Lipinski definition) is 5. The molecule has 0 saturated heterocycles. The van der Waals surface area contributed by atoms with E-state index in [-0.39, 0.29) is 36.7 Å². The highest BCUT2D eigenvalue weighted by Gasteiger charge is 2.12. The molecule has 0 fully saturated rings. The smallest absolute Gasteiger partial charge is 0.258 e. The molecule has 1 atom stereocenters. The molecule has 19 heavy (non-hydrogen) atoms. The van der Waals surface area contributed by atoms with Crippen molar-refractivity contribution in [2.24, 2.45) is 5.92 Å². The van der Waals surface area contributed by atoms with Gasteiger partial charge in [-0.15, -0.1) is 0 Å². The van der Waals surface area contributed by atoms with Crippen LogP contribution in [0.3, 0.4) is 0 Å². The second-order valence-corrected chi connectivity index (χ2v) is 4.62. The first-order chi connectivity index (χ1) is 8.93. The van der Waals surface area contributed by atoms with Crippen LogP contribution >= 0.6 is 0 Å². The van der Waals surface area contributed by atoms with Crippen LogP contribution in [0.1, 0.15) is 26.5 Å². The summed E-state index contributed by atoms with van der Waals surface area (Å²) in [6.45, 7) is 5.28. The van der Waals surface area contributed by atoms with Crippen molar-refractivity contribution in [3.05, 3.63) is 28.3 Å². The Morgan fingerprint density at radius 2 is 2.16 bits per heavy atom. The molecule has 0 aliphatic rings. The molecule has 106 valence electrons. The lowest BCUT2D eigenvalue weighted by molar-refractivity contribution is -0.124. The van der Waals surface area contributed by atoms with Gasteiger partial charge in [-0.3, -0.25) is 9.59 Å². The number of hydrogen-bond donors (Lipinski definition) is 2. The van der Waals surface area contributed by atoms with Crippen molar-refractivity contribution in [3.63, 3.8) is 0 Å². The Labute approximate surface area is 111 Å². The van der Waals surface area contributed by atoms with Crippen LogP contribution in [0.5, 0.6) is 5.75 Å². The number of rotatable bonds is 6. The molecular formula is C13H19NO5. The summed E-state index contributed by atoms with van der Waals surface area (Å²) in [5.41, 5.74) is -0.431. The summed E-state index contributed by atoms with van der Waals surface area (Å²) in [7, 11) is 0. The van der Waals surface area contributed by atoms with E-state index in [0.717, 1.165) is 12.3 Å². The first kappa shape index (κ1) is 15.2. The predicted molar refractivity (Wildman–Crippen MR) is 68.8 cm³/mol. The predicted octanol–water partition coefficient (Wildman–Crippen LogP) is 0.672. The molecule has 0 aliphatic carbocycles. The van der Waals surface area contributed by atoms with Crippen molar-refractivity contribution >= 4 is 5.91 Å². The third kappa shape index (κ3) is 4.75. The minimum Gasteiger partial charge on any atom is -0.477 e. The van der Waals surface area contributed by atoms with Gasteiger partial charge in [0, 0.05) is 12.1 Å². The minimum atomic E-state index is -0.431. The molecule has 6 nitrogen and oxygen atoms in total. The average Bonchev–Trinajstić information content (AvgIpc) is 2.36. The molecule has 0 saturated carbocycles. The van der Waals surface area contributed by atoms with Crippen molar-refractivity contribution in [1.82, 2.24) is 5.32 Å². The SMILES string of the molecule is CC(C)C(C)NC(=O)COc1coc(CO)cc1=O. The van der Waals surface area contributed by atoms with Crippen LogP contribution < -0.4 is 15.5 Å². The van der Waals surface area contributed by atoms with Gasteiger partial charge in [-0.2, -0.15) is 0 Å². The van der Waals surface area contributed by atoms with Crippen molar-refractivity contribution < 1.29 is 19.1 Å². The first-order valence-electron chi connectivity index (χ1n) is 6.08. The Kier molecular flexibility index (Phi) is 5.57. The number of nitrogens with one attached hydrogen (secondary N) is 1. The third-order valence-corrected chi connectivity index (χ3v) is 2.76. The van der Waals surface area contributed by atoms with Crippen molar-refractivity contribution in [2.45, 2.75) is 33.4 Å². The lowest BCUT2D eigenvalue weighted by atomic mass is 10.1. The first-order valence-corrected chi connectivity index (χ1v) is 6.08. The molecule has 0 aromatic carbocycles. The topological polar surface area (TPSA) is 88.8 Å². The van der Waals surface area contributed by atoms with E-state index in [1.807, 2.05) is 20.8 Å². The summed E-state index contributed by atoms with van der Waals surface area (Å²) in [6.07, 6.45) is 1.09. The molecule has 1 aromatic rings. The third-order valence-electron chi connectivity index (χ3n) is 2.76. The van der Waals surface area contributed by atoms with Crippen LogP contribution in [-0.4, -0.2) is 23.7 Å². The largest absolute Gasteiger partial charge is 0.477 e. The Balaban J connectivity index is 2.53. The summed E-state index contributed by atoms with van der Waals surface area (Å²) in [4.78, 5) is 23.1. The van der Waals surface area contributed by atoms with E-state index in [4.69, 9.17) is 14.3 Å². The Morgan fingerprint density at radius 1 is 1.47 bits per heavy atom. The quantitative estimate of drug-likeness (QED) is 0.792. The zero-order chi connectivity index (χ0) is 14.4. The second-order valence-electron chi connectivity index (χ2n) is 4.62. The highest BCUT2D eigenvalue weighted by atomic mass is 16.5. The van der Waals surface area contributed by atoms with Gasteiger partial charge in [-0.25, -0.2) is 0 Å². The van der Waals surface area contributed by atoms with Gasteiger partial charge >= 0.3 is 0 Å². The molecule has 1 aromatic heterocycles. The van der Waals surface area contributed by atoms with E-state index < -0.39 is 5.43 Å². The molecular weight excluding hydrogens is 250 g/mol. The van der Waals surface area contributed by atoms with Crippen molar-refractivity contribution in [2.75, 3.05) is 6.61 Å². The van der Waals surface area contributed by atoms with Gasteiger partial charge in [0.1, 0.15) is 18.6 Å². The number of aliphatic hydroxyl groups is 1. The highest BCUT2D eigenvalue weighted by Crippen LogP contribution is 2.06. The summed E-state index contributed by atoms with van der Waals surface area (Å²) in [6, 6.07) is 1.16. The zero-order valence-corrected chi connectivity index (χ0v) is 11.3. The number of carbonyl (C=O) groups excluding carboxylic acids is 1. The fourth-order valence-corrected chi connectivity index (χ4v) is 1.23. The molecule has 0 spiro atoms. The molecule has 6 heteroatoms. The number of carbonyl (C=O) groups is 1. The fraction of sp³-hybridized carbons (Fsp3) is 0.538. The summed E-state index contributed by atoms with van der Waals surface area (Å²) >= 11 is 0. The summed E-state index contributed by atoms with van der Waals surface area (Å²) < 4.78 is 10.0. The van der Waals surface area contributed by atoms with Gasteiger partial charge in [0.25, 0.3) is 5.91 Å². The maximum absolute atomic E-state index is 11.6. The van der Waals surface area contributed by atoms with E-state index in [9.17, 15) is 9.59 Å². The summed E-state index contributed by atoms with van der Waals surface area (Å²) in [5, 5.41) is 11.5. The maximum Gasteiger partial charge on any atom is 0.258 e. The van der Waals surface area contributed by atoms with Crippen molar-refractivity contribution in [3.8, 4) is 5.75 Å². The van der Waals surface area contributed by atoms with E-state index in [1.54, 1.807) is 0 Å². The van der Waals surface area contributed by atoms with Gasteiger partial charge < -0.3 is 19.6 Å². The maximum atomic E-state index is 11.6. The zero-order valence-electron chi connectivity index (χ0n) is 11.3. The van der Waals surface area contributed by atoms with Crippen LogP contribution in [0.2, 0.25) is 0 Å². The van der Waals surface area contributed by atoms with Gasteiger partial charge in [-0.1, -0.05) is 13.8 Å². The van der Waals surface area contributed by atoms with E-state index in [2.05, 4.69) is 5.32 Å². The van der Waals surface area contributed by atoms with Gasteiger partial charge in [0.2, 0.25) is 11.2 Å². The molecule has 1 heterocycles. The Bertz CT molecular complexity index is 480. The molecule has 1 unspecified atom stereocenters. The van der Waals surface area contributed by atoms with Gasteiger partial charge in [0.05, 0.1) is 0 Å². The standard InChI is InChI=1S/C13H19NO5/c1-8(2)9(3)14-13(17)7-19-12-6-18-10(5-15)4-11(12)16/h4,6,8-9,15H,5,7H2,1-3H3,(H,14,17). The van der Waals surface area contributed by atoms with Crippen LogP contribution in [0.25, 0.3) is 0 Å². The molecule has 1 rings (SSSR count). The van der Waals surface area contributed by atoms with E-state index in [1.165, 1.54) is 0 Å². The molecule has 0 radical (unpaired) electrons.